The van der Waals surface area contributed by atoms with Crippen LogP contribution in [0.25, 0.3) is 5.65 Å². The van der Waals surface area contributed by atoms with Crippen molar-refractivity contribution in [2.75, 3.05) is 0 Å². The summed E-state index contributed by atoms with van der Waals surface area (Å²) in [6.45, 7) is 6.16. The first-order valence-electron chi connectivity index (χ1n) is 7.69. The van der Waals surface area contributed by atoms with Gasteiger partial charge in [-0.3, -0.25) is 4.40 Å². The Balaban J connectivity index is 2.07. The predicted octanol–water partition coefficient (Wildman–Crippen LogP) is 5.40. The minimum atomic E-state index is -0.977. The van der Waals surface area contributed by atoms with Gasteiger partial charge in [0, 0.05) is 11.6 Å². The zero-order valence-electron chi connectivity index (χ0n) is 14.1. The number of hydrogen-bond donors (Lipinski definition) is 1. The molecule has 25 heavy (non-hydrogen) atoms. The third-order valence-electron chi connectivity index (χ3n) is 3.64. The molecule has 1 aromatic carbocycles. The molecule has 0 spiro atoms. The zero-order valence-corrected chi connectivity index (χ0v) is 14.8. The molecule has 0 aliphatic heterocycles. The molecular weight excluding hydrogens is 340 g/mol. The van der Waals surface area contributed by atoms with Crippen LogP contribution in [0.1, 0.15) is 36.8 Å². The van der Waals surface area contributed by atoms with E-state index in [-0.39, 0.29) is 11.0 Å². The fourth-order valence-corrected chi connectivity index (χ4v) is 2.54. The second-order valence-electron chi connectivity index (χ2n) is 6.66. The van der Waals surface area contributed by atoms with Crippen LogP contribution in [0.2, 0.25) is 5.02 Å². The number of halogens is 1. The monoisotopic (exact) mass is 356 g/mol. The van der Waals surface area contributed by atoms with Crippen LogP contribution in [-0.4, -0.2) is 20.5 Å². The summed E-state index contributed by atoms with van der Waals surface area (Å²) in [6.07, 6.45) is 1.75. The number of fused-ring (bicyclic) bond motifs is 1. The SMILES string of the molecule is CC(C)(C)c1nc2ccc(Cl)cn2c1N=Nc1ccc(C(=O)O)cc1. The highest BCUT2D eigenvalue weighted by Crippen LogP contribution is 2.33. The van der Waals surface area contributed by atoms with Crippen LogP contribution in [0.5, 0.6) is 0 Å². The second kappa shape index (κ2) is 6.29. The maximum absolute atomic E-state index is 10.9. The van der Waals surface area contributed by atoms with Crippen molar-refractivity contribution in [2.45, 2.75) is 26.2 Å². The van der Waals surface area contributed by atoms with Crippen molar-refractivity contribution in [3.63, 3.8) is 0 Å². The van der Waals surface area contributed by atoms with Gasteiger partial charge in [-0.25, -0.2) is 9.78 Å². The van der Waals surface area contributed by atoms with Gasteiger partial charge in [-0.05, 0) is 36.4 Å². The highest BCUT2D eigenvalue weighted by molar-refractivity contribution is 6.30. The van der Waals surface area contributed by atoms with Gasteiger partial charge >= 0.3 is 5.97 Å². The summed E-state index contributed by atoms with van der Waals surface area (Å²) in [5.41, 5.74) is 2.09. The normalized spacial score (nSPS) is 12.2. The Morgan fingerprint density at radius 1 is 1.12 bits per heavy atom. The molecule has 0 aliphatic carbocycles. The smallest absolute Gasteiger partial charge is 0.335 e. The summed E-state index contributed by atoms with van der Waals surface area (Å²) in [5, 5.41) is 18.1. The van der Waals surface area contributed by atoms with Crippen molar-refractivity contribution in [3.8, 4) is 0 Å². The largest absolute Gasteiger partial charge is 0.478 e. The van der Waals surface area contributed by atoms with Crippen LogP contribution in [-0.2, 0) is 5.41 Å². The molecule has 6 nitrogen and oxygen atoms in total. The third-order valence-corrected chi connectivity index (χ3v) is 3.87. The minimum Gasteiger partial charge on any atom is -0.478 e. The van der Waals surface area contributed by atoms with Crippen LogP contribution in [0.3, 0.4) is 0 Å². The van der Waals surface area contributed by atoms with Crippen molar-refractivity contribution in [1.29, 1.82) is 0 Å². The summed E-state index contributed by atoms with van der Waals surface area (Å²) in [4.78, 5) is 15.6. The number of imidazole rings is 1. The highest BCUT2D eigenvalue weighted by atomic mass is 35.5. The maximum Gasteiger partial charge on any atom is 0.335 e. The van der Waals surface area contributed by atoms with Gasteiger partial charge in [-0.15, -0.1) is 10.2 Å². The van der Waals surface area contributed by atoms with E-state index in [4.69, 9.17) is 16.7 Å². The topological polar surface area (TPSA) is 79.3 Å². The summed E-state index contributed by atoms with van der Waals surface area (Å²) in [7, 11) is 0. The maximum atomic E-state index is 10.9. The van der Waals surface area contributed by atoms with Gasteiger partial charge in [-0.2, -0.15) is 0 Å². The number of nitrogens with zero attached hydrogens (tertiary/aromatic N) is 4. The Kier molecular flexibility index (Phi) is 4.30. The van der Waals surface area contributed by atoms with Gasteiger partial charge in [0.1, 0.15) is 5.65 Å². The number of pyridine rings is 1. The lowest BCUT2D eigenvalue weighted by Gasteiger charge is -2.15. The lowest BCUT2D eigenvalue weighted by atomic mass is 9.92. The Labute approximate surface area is 149 Å². The van der Waals surface area contributed by atoms with E-state index in [9.17, 15) is 4.79 Å². The number of carboxylic acids is 1. The van der Waals surface area contributed by atoms with Crippen molar-refractivity contribution in [3.05, 3.63) is 58.9 Å². The molecule has 0 saturated carbocycles. The molecular formula is C18H17ClN4O2. The van der Waals surface area contributed by atoms with Crippen LogP contribution in [0.4, 0.5) is 11.5 Å². The Morgan fingerprint density at radius 2 is 1.80 bits per heavy atom. The summed E-state index contributed by atoms with van der Waals surface area (Å²) in [5.74, 6) is -0.373. The third kappa shape index (κ3) is 3.53. The number of carbonyl (C=O) groups is 1. The van der Waals surface area contributed by atoms with E-state index < -0.39 is 5.97 Å². The van der Waals surface area contributed by atoms with Crippen LogP contribution in [0, 0.1) is 0 Å². The van der Waals surface area contributed by atoms with Crippen molar-refractivity contribution >= 4 is 34.7 Å². The van der Waals surface area contributed by atoms with Gasteiger partial charge in [0.25, 0.3) is 0 Å². The van der Waals surface area contributed by atoms with E-state index >= 15 is 0 Å². The van der Waals surface area contributed by atoms with E-state index in [1.54, 1.807) is 28.8 Å². The van der Waals surface area contributed by atoms with Crippen molar-refractivity contribution in [2.24, 2.45) is 10.2 Å². The first-order valence-corrected chi connectivity index (χ1v) is 8.07. The Hall–Kier alpha value is -2.73. The number of hydrogen-bond acceptors (Lipinski definition) is 4. The zero-order chi connectivity index (χ0) is 18.2. The quantitative estimate of drug-likeness (QED) is 0.638. The first-order chi connectivity index (χ1) is 11.8. The minimum absolute atomic E-state index is 0.205. The summed E-state index contributed by atoms with van der Waals surface area (Å²) >= 11 is 6.10. The van der Waals surface area contributed by atoms with Gasteiger partial charge in [0.05, 0.1) is 22.0 Å². The molecule has 0 fully saturated rings. The van der Waals surface area contributed by atoms with E-state index in [1.807, 2.05) is 6.07 Å². The number of aromatic carboxylic acids is 1. The summed E-state index contributed by atoms with van der Waals surface area (Å²) < 4.78 is 1.80. The Bertz CT molecular complexity index is 969. The molecule has 0 aliphatic rings. The van der Waals surface area contributed by atoms with Crippen LogP contribution in [0.15, 0.2) is 52.8 Å². The lowest BCUT2D eigenvalue weighted by molar-refractivity contribution is 0.0697. The molecule has 7 heteroatoms. The molecule has 1 N–H and O–H groups in total. The van der Waals surface area contributed by atoms with E-state index in [0.29, 0.717) is 16.5 Å². The average molecular weight is 357 g/mol. The molecule has 0 unspecified atom stereocenters. The first kappa shape index (κ1) is 17.1. The van der Waals surface area contributed by atoms with E-state index in [1.165, 1.54) is 12.1 Å². The molecule has 0 amide bonds. The fraction of sp³-hybridized carbons (Fsp3) is 0.222. The standard InChI is InChI=1S/C18H17ClN4O2/c1-18(2,3)15-16(23-10-12(19)6-9-14(23)20-15)22-21-13-7-4-11(5-8-13)17(24)25/h4-10H,1-3H3,(H,24,25). The number of carboxylic acid groups (broad SMARTS) is 1. The molecule has 128 valence electrons. The molecule has 2 aromatic heterocycles. The van der Waals surface area contributed by atoms with Crippen molar-refractivity contribution in [1.82, 2.24) is 9.38 Å². The van der Waals surface area contributed by atoms with Crippen molar-refractivity contribution < 1.29 is 9.90 Å². The molecule has 0 radical (unpaired) electrons. The Morgan fingerprint density at radius 3 is 2.40 bits per heavy atom. The predicted molar refractivity (Wildman–Crippen MR) is 96.5 cm³/mol. The average Bonchev–Trinajstić information content (AvgIpc) is 2.91. The van der Waals surface area contributed by atoms with E-state index in [2.05, 4.69) is 36.0 Å². The molecule has 0 saturated heterocycles. The molecule has 2 heterocycles. The van der Waals surface area contributed by atoms with Gasteiger partial charge in [0.2, 0.25) is 0 Å². The molecule has 3 rings (SSSR count). The lowest BCUT2D eigenvalue weighted by Crippen LogP contribution is -2.11. The molecule has 3 aromatic rings. The van der Waals surface area contributed by atoms with Crippen LogP contribution < -0.4 is 0 Å². The number of azo groups is 1. The molecule has 0 bridgehead atoms. The van der Waals surface area contributed by atoms with Crippen LogP contribution >= 0.6 is 11.6 Å². The number of rotatable bonds is 3. The fourth-order valence-electron chi connectivity index (χ4n) is 2.38. The summed E-state index contributed by atoms with van der Waals surface area (Å²) in [6, 6.07) is 9.82. The van der Waals surface area contributed by atoms with Gasteiger partial charge in [-0.1, -0.05) is 32.4 Å². The number of aromatic nitrogens is 2. The molecule has 0 atom stereocenters. The highest BCUT2D eigenvalue weighted by Gasteiger charge is 2.24. The number of benzene rings is 1. The second-order valence-corrected chi connectivity index (χ2v) is 7.10. The van der Waals surface area contributed by atoms with Gasteiger partial charge < -0.3 is 5.11 Å². The van der Waals surface area contributed by atoms with E-state index in [0.717, 1.165) is 11.3 Å². The van der Waals surface area contributed by atoms with Gasteiger partial charge in [0.15, 0.2) is 5.82 Å².